The molecule has 1 aromatic heterocycles. The fourth-order valence-corrected chi connectivity index (χ4v) is 3.03. The molecule has 1 N–H and O–H groups in total. The van der Waals surface area contributed by atoms with Gasteiger partial charge in [-0.05, 0) is 53.9 Å². The van der Waals surface area contributed by atoms with Crippen LogP contribution in [0.3, 0.4) is 0 Å². The molecule has 0 bridgehead atoms. The van der Waals surface area contributed by atoms with Crippen LogP contribution in [0.15, 0.2) is 39.5 Å². The number of hydrogen-bond acceptors (Lipinski definition) is 2. The van der Waals surface area contributed by atoms with Crippen LogP contribution in [0.1, 0.15) is 22.8 Å². The fraction of sp³-hybridized carbons (Fsp3) is 0.214. The van der Waals surface area contributed by atoms with Gasteiger partial charge in [0, 0.05) is 10.5 Å². The van der Waals surface area contributed by atoms with Crippen molar-refractivity contribution < 1.29 is 4.79 Å². The summed E-state index contributed by atoms with van der Waals surface area (Å²) in [5, 5.41) is 7.55. The molecule has 1 heterocycles. The van der Waals surface area contributed by atoms with Gasteiger partial charge in [0.05, 0.1) is 10.6 Å². The van der Waals surface area contributed by atoms with Gasteiger partial charge in [-0.3, -0.25) is 4.79 Å². The number of rotatable bonds is 4. The molecule has 19 heavy (non-hydrogen) atoms. The van der Waals surface area contributed by atoms with Crippen molar-refractivity contribution >= 4 is 44.8 Å². The molecule has 5 heteroatoms. The minimum absolute atomic E-state index is 0.0668. The van der Waals surface area contributed by atoms with Crippen LogP contribution in [0, 0.1) is 0 Å². The highest BCUT2D eigenvalue weighted by atomic mass is 79.9. The van der Waals surface area contributed by atoms with Gasteiger partial charge < -0.3 is 5.32 Å². The summed E-state index contributed by atoms with van der Waals surface area (Å²) in [5.41, 5.74) is 1.73. The van der Waals surface area contributed by atoms with Crippen molar-refractivity contribution in [1.82, 2.24) is 5.32 Å². The standard InChI is InChI=1S/C14H13BrClNOS/c1-9(6-10-4-5-19-8-10)17-14(18)12-7-11(15)2-3-13(12)16/h2-5,7-9H,6H2,1H3,(H,17,18). The van der Waals surface area contributed by atoms with Crippen LogP contribution in [-0.2, 0) is 6.42 Å². The third-order valence-electron chi connectivity index (χ3n) is 2.67. The summed E-state index contributed by atoms with van der Waals surface area (Å²) < 4.78 is 0.840. The van der Waals surface area contributed by atoms with E-state index in [1.54, 1.807) is 23.5 Å². The molecule has 2 nitrogen and oxygen atoms in total. The van der Waals surface area contributed by atoms with E-state index in [4.69, 9.17) is 11.6 Å². The molecule has 1 unspecified atom stereocenters. The van der Waals surface area contributed by atoms with E-state index in [0.29, 0.717) is 10.6 Å². The van der Waals surface area contributed by atoms with Gasteiger partial charge in [-0.25, -0.2) is 0 Å². The van der Waals surface area contributed by atoms with E-state index in [1.807, 2.05) is 18.4 Å². The lowest BCUT2D eigenvalue weighted by Crippen LogP contribution is -2.34. The van der Waals surface area contributed by atoms with Gasteiger partial charge in [-0.2, -0.15) is 11.3 Å². The lowest BCUT2D eigenvalue weighted by Gasteiger charge is -2.14. The van der Waals surface area contributed by atoms with Crippen molar-refractivity contribution in [3.05, 3.63) is 55.6 Å². The smallest absolute Gasteiger partial charge is 0.253 e. The Morgan fingerprint density at radius 1 is 1.47 bits per heavy atom. The number of nitrogens with one attached hydrogen (secondary N) is 1. The molecular weight excluding hydrogens is 346 g/mol. The third-order valence-corrected chi connectivity index (χ3v) is 4.23. The maximum absolute atomic E-state index is 12.1. The zero-order valence-electron chi connectivity index (χ0n) is 10.3. The number of benzene rings is 1. The second kappa shape index (κ2) is 6.55. The van der Waals surface area contributed by atoms with Crippen LogP contribution in [0.25, 0.3) is 0 Å². The fourth-order valence-electron chi connectivity index (χ4n) is 1.79. The molecule has 0 saturated carbocycles. The monoisotopic (exact) mass is 357 g/mol. The first-order chi connectivity index (χ1) is 9.06. The summed E-state index contributed by atoms with van der Waals surface area (Å²) in [5.74, 6) is -0.144. The van der Waals surface area contributed by atoms with E-state index in [-0.39, 0.29) is 11.9 Å². The van der Waals surface area contributed by atoms with Crippen LogP contribution in [0.4, 0.5) is 0 Å². The van der Waals surface area contributed by atoms with Gasteiger partial charge >= 0.3 is 0 Å². The van der Waals surface area contributed by atoms with Crippen LogP contribution in [0.2, 0.25) is 5.02 Å². The van der Waals surface area contributed by atoms with E-state index in [1.165, 1.54) is 5.56 Å². The molecule has 0 aliphatic rings. The summed E-state index contributed by atoms with van der Waals surface area (Å²) in [4.78, 5) is 12.1. The van der Waals surface area contributed by atoms with E-state index in [9.17, 15) is 4.79 Å². The van der Waals surface area contributed by atoms with Crippen LogP contribution in [0.5, 0.6) is 0 Å². The van der Waals surface area contributed by atoms with Crippen molar-refractivity contribution in [3.8, 4) is 0 Å². The molecule has 0 aliphatic carbocycles. The summed E-state index contributed by atoms with van der Waals surface area (Å²) >= 11 is 11.0. The Bertz CT molecular complexity index is 571. The zero-order chi connectivity index (χ0) is 13.8. The molecule has 1 amide bonds. The van der Waals surface area contributed by atoms with Crippen molar-refractivity contribution in [1.29, 1.82) is 0 Å². The van der Waals surface area contributed by atoms with Crippen molar-refractivity contribution in [2.45, 2.75) is 19.4 Å². The summed E-state index contributed by atoms with van der Waals surface area (Å²) in [6.07, 6.45) is 0.820. The van der Waals surface area contributed by atoms with Crippen LogP contribution in [-0.4, -0.2) is 11.9 Å². The van der Waals surface area contributed by atoms with Crippen molar-refractivity contribution in [2.24, 2.45) is 0 Å². The predicted molar refractivity (Wildman–Crippen MR) is 84.1 cm³/mol. The van der Waals surface area contributed by atoms with E-state index in [2.05, 4.69) is 32.7 Å². The van der Waals surface area contributed by atoms with Gasteiger partial charge in [0.15, 0.2) is 0 Å². The normalized spacial score (nSPS) is 12.2. The predicted octanol–water partition coefficient (Wildman–Crippen LogP) is 4.53. The van der Waals surface area contributed by atoms with Crippen molar-refractivity contribution in [2.75, 3.05) is 0 Å². The molecular formula is C14H13BrClNOS. The SMILES string of the molecule is CC(Cc1ccsc1)NC(=O)c1cc(Br)ccc1Cl. The molecule has 0 spiro atoms. The number of halogens is 2. The average molecular weight is 359 g/mol. The molecule has 0 radical (unpaired) electrons. The first kappa shape index (κ1) is 14.6. The quantitative estimate of drug-likeness (QED) is 0.855. The Morgan fingerprint density at radius 2 is 2.26 bits per heavy atom. The Kier molecular flexibility index (Phi) is 5.02. The zero-order valence-corrected chi connectivity index (χ0v) is 13.5. The second-order valence-corrected chi connectivity index (χ2v) is 6.44. The summed E-state index contributed by atoms with van der Waals surface area (Å²) in [6, 6.07) is 7.39. The Hall–Kier alpha value is -0.840. The van der Waals surface area contributed by atoms with E-state index < -0.39 is 0 Å². The van der Waals surface area contributed by atoms with Gasteiger partial charge in [-0.15, -0.1) is 0 Å². The first-order valence-corrected chi connectivity index (χ1v) is 7.94. The van der Waals surface area contributed by atoms with Crippen LogP contribution >= 0.6 is 38.9 Å². The first-order valence-electron chi connectivity index (χ1n) is 5.83. The highest BCUT2D eigenvalue weighted by molar-refractivity contribution is 9.10. The Labute approximate surface area is 129 Å². The third kappa shape index (κ3) is 4.06. The van der Waals surface area contributed by atoms with Crippen molar-refractivity contribution in [3.63, 3.8) is 0 Å². The molecule has 1 aromatic carbocycles. The van der Waals surface area contributed by atoms with Gasteiger partial charge in [0.25, 0.3) is 5.91 Å². The highest BCUT2D eigenvalue weighted by Gasteiger charge is 2.14. The van der Waals surface area contributed by atoms with E-state index >= 15 is 0 Å². The molecule has 2 aromatic rings. The molecule has 100 valence electrons. The number of carbonyl (C=O) groups is 1. The summed E-state index contributed by atoms with van der Waals surface area (Å²) in [7, 11) is 0. The van der Waals surface area contributed by atoms with E-state index in [0.717, 1.165) is 10.9 Å². The van der Waals surface area contributed by atoms with Gasteiger partial charge in [0.1, 0.15) is 0 Å². The molecule has 0 fully saturated rings. The molecule has 0 aliphatic heterocycles. The summed E-state index contributed by atoms with van der Waals surface area (Å²) in [6.45, 7) is 1.99. The largest absolute Gasteiger partial charge is 0.349 e. The minimum Gasteiger partial charge on any atom is -0.349 e. The minimum atomic E-state index is -0.144. The molecule has 2 rings (SSSR count). The van der Waals surface area contributed by atoms with Gasteiger partial charge in [0.2, 0.25) is 0 Å². The Morgan fingerprint density at radius 3 is 2.95 bits per heavy atom. The second-order valence-electron chi connectivity index (χ2n) is 4.33. The maximum atomic E-state index is 12.1. The number of thiophene rings is 1. The van der Waals surface area contributed by atoms with Crippen LogP contribution < -0.4 is 5.32 Å². The Balaban J connectivity index is 2.02. The molecule has 1 atom stereocenters. The number of carbonyl (C=O) groups excluding carboxylic acids is 1. The number of amides is 1. The maximum Gasteiger partial charge on any atom is 0.253 e. The highest BCUT2D eigenvalue weighted by Crippen LogP contribution is 2.21. The number of hydrogen-bond donors (Lipinski definition) is 1. The molecule has 0 saturated heterocycles. The topological polar surface area (TPSA) is 29.1 Å². The lowest BCUT2D eigenvalue weighted by atomic mass is 10.1. The lowest BCUT2D eigenvalue weighted by molar-refractivity contribution is 0.0940. The van der Waals surface area contributed by atoms with Gasteiger partial charge in [-0.1, -0.05) is 27.5 Å². The average Bonchev–Trinajstić information content (AvgIpc) is 2.84.